The molecule has 1 N–H and O–H groups in total. The van der Waals surface area contributed by atoms with E-state index in [4.69, 9.17) is 0 Å². The van der Waals surface area contributed by atoms with Crippen LogP contribution in [0.15, 0.2) is 0 Å². The van der Waals surface area contributed by atoms with E-state index >= 15 is 0 Å². The molecule has 0 aromatic carbocycles. The highest BCUT2D eigenvalue weighted by atomic mass is 16.2. The fourth-order valence-corrected chi connectivity index (χ4v) is 1.59. The molecular formula is C8H13NO2. The second kappa shape index (κ2) is 2.64. The van der Waals surface area contributed by atoms with E-state index in [1.807, 2.05) is 13.8 Å². The molecule has 3 heteroatoms. The van der Waals surface area contributed by atoms with E-state index in [0.717, 1.165) is 0 Å². The van der Waals surface area contributed by atoms with Gasteiger partial charge in [0.2, 0.25) is 11.8 Å². The van der Waals surface area contributed by atoms with Gasteiger partial charge in [-0.05, 0) is 5.92 Å². The van der Waals surface area contributed by atoms with Gasteiger partial charge in [0.25, 0.3) is 0 Å². The number of carbonyl (C=O) groups is 2. The Morgan fingerprint density at radius 2 is 1.82 bits per heavy atom. The molecule has 1 rings (SSSR count). The molecule has 0 saturated carbocycles. The van der Waals surface area contributed by atoms with Gasteiger partial charge in [0.1, 0.15) is 0 Å². The quantitative estimate of drug-likeness (QED) is 0.562. The van der Waals surface area contributed by atoms with E-state index in [-0.39, 0.29) is 29.6 Å². The summed E-state index contributed by atoms with van der Waals surface area (Å²) in [7, 11) is 0. The lowest BCUT2D eigenvalue weighted by atomic mass is 9.87. The molecule has 1 aliphatic rings. The first-order valence-electron chi connectivity index (χ1n) is 3.88. The summed E-state index contributed by atoms with van der Waals surface area (Å²) in [6.45, 7) is 5.71. The van der Waals surface area contributed by atoms with E-state index in [9.17, 15) is 9.59 Å². The molecule has 1 heterocycles. The van der Waals surface area contributed by atoms with Crippen LogP contribution in [0.2, 0.25) is 0 Å². The van der Waals surface area contributed by atoms with Crippen molar-refractivity contribution in [2.45, 2.75) is 20.8 Å². The van der Waals surface area contributed by atoms with Gasteiger partial charge >= 0.3 is 0 Å². The third kappa shape index (κ3) is 1.27. The van der Waals surface area contributed by atoms with Crippen molar-refractivity contribution < 1.29 is 9.59 Å². The Labute approximate surface area is 66.2 Å². The molecule has 2 atom stereocenters. The molecular weight excluding hydrogens is 142 g/mol. The minimum Gasteiger partial charge on any atom is -0.296 e. The normalized spacial score (nSPS) is 31.3. The van der Waals surface area contributed by atoms with Crippen molar-refractivity contribution in [3.63, 3.8) is 0 Å². The summed E-state index contributed by atoms with van der Waals surface area (Å²) in [6, 6.07) is 0. The van der Waals surface area contributed by atoms with Crippen LogP contribution in [0.1, 0.15) is 20.8 Å². The van der Waals surface area contributed by atoms with E-state index in [2.05, 4.69) is 5.32 Å². The van der Waals surface area contributed by atoms with Crippen molar-refractivity contribution in [3.05, 3.63) is 0 Å². The average Bonchev–Trinajstić information content (AvgIpc) is 2.07. The number of hydrogen-bond donors (Lipinski definition) is 1. The van der Waals surface area contributed by atoms with Gasteiger partial charge in [-0.1, -0.05) is 20.8 Å². The van der Waals surface area contributed by atoms with Crippen LogP contribution in [-0.2, 0) is 9.59 Å². The number of nitrogens with one attached hydrogen (secondary N) is 1. The molecule has 3 nitrogen and oxygen atoms in total. The maximum Gasteiger partial charge on any atom is 0.230 e. The molecule has 0 aliphatic carbocycles. The monoisotopic (exact) mass is 155 g/mol. The Morgan fingerprint density at radius 3 is 2.00 bits per heavy atom. The molecule has 11 heavy (non-hydrogen) atoms. The van der Waals surface area contributed by atoms with Crippen molar-refractivity contribution in [1.29, 1.82) is 0 Å². The number of carbonyl (C=O) groups excluding carboxylic acids is 2. The van der Waals surface area contributed by atoms with Crippen molar-refractivity contribution >= 4 is 11.8 Å². The van der Waals surface area contributed by atoms with Crippen LogP contribution in [0.25, 0.3) is 0 Å². The summed E-state index contributed by atoms with van der Waals surface area (Å²) < 4.78 is 0. The van der Waals surface area contributed by atoms with Crippen LogP contribution in [0.5, 0.6) is 0 Å². The van der Waals surface area contributed by atoms with Gasteiger partial charge < -0.3 is 0 Å². The lowest BCUT2D eigenvalue weighted by Crippen LogP contribution is -2.24. The molecule has 2 amide bonds. The van der Waals surface area contributed by atoms with E-state index < -0.39 is 0 Å². The first kappa shape index (κ1) is 8.24. The SMILES string of the molecule is CC(C)[C@@H]1C(=O)NC(=O)[C@@H]1C. The third-order valence-corrected chi connectivity index (χ3v) is 2.22. The van der Waals surface area contributed by atoms with E-state index in [1.165, 1.54) is 0 Å². The predicted molar refractivity (Wildman–Crippen MR) is 40.6 cm³/mol. The summed E-state index contributed by atoms with van der Waals surface area (Å²) in [5.41, 5.74) is 0. The Balaban J connectivity index is 2.79. The fourth-order valence-electron chi connectivity index (χ4n) is 1.59. The van der Waals surface area contributed by atoms with Crippen LogP contribution in [0.3, 0.4) is 0 Å². The van der Waals surface area contributed by atoms with Crippen LogP contribution in [-0.4, -0.2) is 11.8 Å². The Hall–Kier alpha value is -0.860. The van der Waals surface area contributed by atoms with Crippen molar-refractivity contribution in [3.8, 4) is 0 Å². The average molecular weight is 155 g/mol. The van der Waals surface area contributed by atoms with Crippen LogP contribution >= 0.6 is 0 Å². The molecule has 0 aromatic rings. The number of amides is 2. The highest BCUT2D eigenvalue weighted by molar-refractivity contribution is 6.04. The zero-order valence-corrected chi connectivity index (χ0v) is 7.05. The third-order valence-electron chi connectivity index (χ3n) is 2.22. The van der Waals surface area contributed by atoms with Crippen LogP contribution < -0.4 is 5.32 Å². The highest BCUT2D eigenvalue weighted by Crippen LogP contribution is 2.25. The van der Waals surface area contributed by atoms with Gasteiger partial charge in [-0.25, -0.2) is 0 Å². The second-order valence-corrected chi connectivity index (χ2v) is 3.41. The number of hydrogen-bond acceptors (Lipinski definition) is 2. The molecule has 1 fully saturated rings. The molecule has 1 aliphatic heterocycles. The predicted octanol–water partition coefficient (Wildman–Crippen LogP) is 0.551. The largest absolute Gasteiger partial charge is 0.296 e. The molecule has 0 unspecified atom stereocenters. The van der Waals surface area contributed by atoms with Gasteiger partial charge in [-0.15, -0.1) is 0 Å². The molecule has 0 radical (unpaired) electrons. The molecule has 0 aromatic heterocycles. The topological polar surface area (TPSA) is 46.2 Å². The smallest absolute Gasteiger partial charge is 0.230 e. The summed E-state index contributed by atoms with van der Waals surface area (Å²) in [4.78, 5) is 22.1. The standard InChI is InChI=1S/C8H13NO2/c1-4(2)6-5(3)7(10)9-8(6)11/h4-6H,1-3H3,(H,9,10,11)/t5-,6+/m1/s1. The van der Waals surface area contributed by atoms with Crippen molar-refractivity contribution in [1.82, 2.24) is 5.32 Å². The first-order valence-corrected chi connectivity index (χ1v) is 3.88. The fraction of sp³-hybridized carbons (Fsp3) is 0.750. The van der Waals surface area contributed by atoms with Crippen molar-refractivity contribution in [2.75, 3.05) is 0 Å². The van der Waals surface area contributed by atoms with E-state index in [0.29, 0.717) is 0 Å². The maximum absolute atomic E-state index is 11.1. The van der Waals surface area contributed by atoms with Gasteiger partial charge in [0, 0.05) is 5.92 Å². The van der Waals surface area contributed by atoms with Crippen LogP contribution in [0.4, 0.5) is 0 Å². The lowest BCUT2D eigenvalue weighted by molar-refractivity contribution is -0.126. The Bertz CT molecular complexity index is 198. The zero-order valence-electron chi connectivity index (χ0n) is 7.05. The molecule has 0 spiro atoms. The Morgan fingerprint density at radius 1 is 1.27 bits per heavy atom. The summed E-state index contributed by atoms with van der Waals surface area (Å²) in [6.07, 6.45) is 0. The summed E-state index contributed by atoms with van der Waals surface area (Å²) in [5, 5.41) is 2.32. The Kier molecular flexibility index (Phi) is 1.98. The highest BCUT2D eigenvalue weighted by Gasteiger charge is 2.39. The second-order valence-electron chi connectivity index (χ2n) is 3.41. The summed E-state index contributed by atoms with van der Waals surface area (Å²) >= 11 is 0. The minimum absolute atomic E-state index is 0.113. The van der Waals surface area contributed by atoms with Gasteiger partial charge in [0.05, 0.1) is 5.92 Å². The van der Waals surface area contributed by atoms with E-state index in [1.54, 1.807) is 6.92 Å². The van der Waals surface area contributed by atoms with Crippen LogP contribution in [0, 0.1) is 17.8 Å². The van der Waals surface area contributed by atoms with Crippen molar-refractivity contribution in [2.24, 2.45) is 17.8 Å². The maximum atomic E-state index is 11.1. The molecule has 0 bridgehead atoms. The zero-order chi connectivity index (χ0) is 8.59. The molecule has 1 saturated heterocycles. The minimum atomic E-state index is -0.150. The summed E-state index contributed by atoms with van der Waals surface area (Å²) in [5.74, 6) is -0.271. The number of imide groups is 1. The van der Waals surface area contributed by atoms with Gasteiger partial charge in [-0.3, -0.25) is 14.9 Å². The lowest BCUT2D eigenvalue weighted by Gasteiger charge is -2.13. The van der Waals surface area contributed by atoms with Gasteiger partial charge in [-0.2, -0.15) is 0 Å². The van der Waals surface area contributed by atoms with Gasteiger partial charge in [0.15, 0.2) is 0 Å². The molecule has 62 valence electrons. The number of rotatable bonds is 1. The first-order chi connectivity index (χ1) is 5.04.